The summed E-state index contributed by atoms with van der Waals surface area (Å²) in [6.45, 7) is 7.22. The van der Waals surface area contributed by atoms with Crippen LogP contribution < -0.4 is 5.32 Å². The minimum absolute atomic E-state index is 0.0331. The van der Waals surface area contributed by atoms with E-state index in [0.717, 1.165) is 6.42 Å². The second-order valence-electron chi connectivity index (χ2n) is 4.79. The van der Waals surface area contributed by atoms with E-state index < -0.39 is 5.97 Å². The van der Waals surface area contributed by atoms with E-state index >= 15 is 0 Å². The van der Waals surface area contributed by atoms with Crippen molar-refractivity contribution in [3.63, 3.8) is 0 Å². The van der Waals surface area contributed by atoms with Gasteiger partial charge in [0.05, 0.1) is 13.2 Å². The van der Waals surface area contributed by atoms with Crippen molar-refractivity contribution in [1.82, 2.24) is 10.3 Å². The lowest BCUT2D eigenvalue weighted by molar-refractivity contribution is 0.0519. The van der Waals surface area contributed by atoms with Gasteiger partial charge >= 0.3 is 5.97 Å². The third kappa shape index (κ3) is 4.68. The molecule has 0 aliphatic rings. The maximum atomic E-state index is 12.2. The Hall–Kier alpha value is -1.66. The average molecular weight is 296 g/mol. The van der Waals surface area contributed by atoms with Crippen LogP contribution in [0, 0.1) is 13.8 Å². The van der Waals surface area contributed by atoms with E-state index in [4.69, 9.17) is 9.47 Å². The van der Waals surface area contributed by atoms with E-state index in [9.17, 15) is 9.59 Å². The second kappa shape index (κ2) is 8.59. The molecule has 118 valence electrons. The summed E-state index contributed by atoms with van der Waals surface area (Å²) in [6.07, 6.45) is 0.850. The van der Waals surface area contributed by atoms with Crippen molar-refractivity contribution < 1.29 is 19.1 Å². The van der Waals surface area contributed by atoms with Gasteiger partial charge in [0.15, 0.2) is 5.78 Å². The van der Waals surface area contributed by atoms with Crippen LogP contribution in [0.1, 0.15) is 45.4 Å². The van der Waals surface area contributed by atoms with Crippen LogP contribution in [0.25, 0.3) is 0 Å². The van der Waals surface area contributed by atoms with Crippen molar-refractivity contribution in [1.29, 1.82) is 0 Å². The lowest BCUT2D eigenvalue weighted by Gasteiger charge is -2.05. The minimum Gasteiger partial charge on any atom is -0.461 e. The Morgan fingerprint density at radius 2 is 2.00 bits per heavy atom. The summed E-state index contributed by atoms with van der Waals surface area (Å²) in [5.74, 6) is -0.459. The first-order valence-electron chi connectivity index (χ1n) is 7.12. The lowest BCUT2D eigenvalue weighted by atomic mass is 10.1. The Balaban J connectivity index is 2.70. The number of aryl methyl sites for hydroxylation is 1. The molecule has 0 amide bonds. The van der Waals surface area contributed by atoms with Crippen LogP contribution in [0.15, 0.2) is 0 Å². The van der Waals surface area contributed by atoms with Gasteiger partial charge in [-0.2, -0.15) is 0 Å². The fourth-order valence-corrected chi connectivity index (χ4v) is 2.21. The van der Waals surface area contributed by atoms with Crippen molar-refractivity contribution in [3.05, 3.63) is 22.5 Å². The smallest absolute Gasteiger partial charge is 0.355 e. The summed E-state index contributed by atoms with van der Waals surface area (Å²) >= 11 is 0. The first-order chi connectivity index (χ1) is 10.0. The number of ketones is 1. The maximum Gasteiger partial charge on any atom is 0.355 e. The SMILES string of the molecule is CCOC(=O)c1[nH]c(C)c(C(=O)CNCCCOC)c1C. The van der Waals surface area contributed by atoms with Gasteiger partial charge in [0.25, 0.3) is 0 Å². The van der Waals surface area contributed by atoms with E-state index in [1.165, 1.54) is 0 Å². The minimum atomic E-state index is -0.426. The Kier molecular flexibility index (Phi) is 7.11. The van der Waals surface area contributed by atoms with Crippen molar-refractivity contribution in [2.45, 2.75) is 27.2 Å². The molecule has 2 N–H and O–H groups in total. The van der Waals surface area contributed by atoms with Crippen LogP contribution in [0.2, 0.25) is 0 Å². The van der Waals surface area contributed by atoms with Gasteiger partial charge in [-0.3, -0.25) is 4.79 Å². The zero-order valence-electron chi connectivity index (χ0n) is 13.2. The molecule has 1 heterocycles. The Morgan fingerprint density at radius 3 is 2.62 bits per heavy atom. The molecule has 0 saturated carbocycles. The van der Waals surface area contributed by atoms with Gasteiger partial charge in [-0.25, -0.2) is 4.79 Å². The van der Waals surface area contributed by atoms with Gasteiger partial charge in [0, 0.05) is 25.0 Å². The van der Waals surface area contributed by atoms with E-state index in [1.807, 2.05) is 0 Å². The summed E-state index contributed by atoms with van der Waals surface area (Å²) in [5, 5.41) is 3.08. The van der Waals surface area contributed by atoms with Gasteiger partial charge < -0.3 is 19.8 Å². The number of ether oxygens (including phenoxy) is 2. The average Bonchev–Trinajstić information content (AvgIpc) is 2.74. The number of methoxy groups -OCH3 is 1. The Morgan fingerprint density at radius 1 is 1.29 bits per heavy atom. The van der Waals surface area contributed by atoms with E-state index in [-0.39, 0.29) is 12.3 Å². The normalized spacial score (nSPS) is 10.7. The summed E-state index contributed by atoms with van der Waals surface area (Å²) in [5.41, 5.74) is 2.27. The van der Waals surface area contributed by atoms with Crippen LogP contribution in [-0.2, 0) is 9.47 Å². The van der Waals surface area contributed by atoms with Crippen LogP contribution in [0.5, 0.6) is 0 Å². The molecule has 21 heavy (non-hydrogen) atoms. The van der Waals surface area contributed by atoms with Gasteiger partial charge in [0.2, 0.25) is 0 Å². The highest BCUT2D eigenvalue weighted by Gasteiger charge is 2.22. The fraction of sp³-hybridized carbons (Fsp3) is 0.600. The third-order valence-corrected chi connectivity index (χ3v) is 3.18. The van der Waals surface area contributed by atoms with E-state index in [2.05, 4.69) is 10.3 Å². The van der Waals surface area contributed by atoms with Crippen molar-refractivity contribution in [2.24, 2.45) is 0 Å². The molecule has 0 aliphatic heterocycles. The molecule has 0 saturated heterocycles. The number of aromatic nitrogens is 1. The number of Topliss-reactive ketones (excluding diaryl/α,β-unsaturated/α-hetero) is 1. The lowest BCUT2D eigenvalue weighted by Crippen LogP contribution is -2.25. The summed E-state index contributed by atoms with van der Waals surface area (Å²) in [7, 11) is 1.65. The number of hydrogen-bond donors (Lipinski definition) is 2. The third-order valence-electron chi connectivity index (χ3n) is 3.18. The van der Waals surface area contributed by atoms with Crippen LogP contribution in [-0.4, -0.2) is 50.1 Å². The largest absolute Gasteiger partial charge is 0.461 e. The molecule has 6 nitrogen and oxygen atoms in total. The van der Waals surface area contributed by atoms with Gasteiger partial charge in [-0.15, -0.1) is 0 Å². The first kappa shape index (κ1) is 17.4. The molecule has 0 atom stereocenters. The number of hydrogen-bond acceptors (Lipinski definition) is 5. The molecule has 0 aromatic carbocycles. The summed E-state index contributed by atoms with van der Waals surface area (Å²) < 4.78 is 9.91. The molecule has 0 radical (unpaired) electrons. The first-order valence-corrected chi connectivity index (χ1v) is 7.12. The molecular formula is C15H24N2O4. The number of rotatable bonds is 9. The molecule has 0 aliphatic carbocycles. The monoisotopic (exact) mass is 296 g/mol. The molecule has 0 spiro atoms. The van der Waals surface area contributed by atoms with Gasteiger partial charge in [-0.05, 0) is 39.3 Å². The fourth-order valence-electron chi connectivity index (χ4n) is 2.21. The van der Waals surface area contributed by atoms with Crippen LogP contribution >= 0.6 is 0 Å². The standard InChI is InChI=1S/C15H24N2O4/c1-5-21-15(19)14-10(2)13(11(3)17-14)12(18)9-16-7-6-8-20-4/h16-17H,5-9H2,1-4H3. The molecule has 1 aromatic heterocycles. The second-order valence-corrected chi connectivity index (χ2v) is 4.79. The number of nitrogens with one attached hydrogen (secondary N) is 2. The molecule has 1 aromatic rings. The van der Waals surface area contributed by atoms with Crippen LogP contribution in [0.4, 0.5) is 0 Å². The predicted molar refractivity (Wildman–Crippen MR) is 79.9 cm³/mol. The predicted octanol–water partition coefficient (Wildman–Crippen LogP) is 1.62. The number of H-pyrrole nitrogens is 1. The highest BCUT2D eigenvalue weighted by atomic mass is 16.5. The van der Waals surface area contributed by atoms with Gasteiger partial charge in [-0.1, -0.05) is 0 Å². The van der Waals surface area contributed by atoms with Crippen molar-refractivity contribution in [2.75, 3.05) is 33.4 Å². The van der Waals surface area contributed by atoms with E-state index in [0.29, 0.717) is 42.3 Å². The molecule has 1 rings (SSSR count). The zero-order chi connectivity index (χ0) is 15.8. The quantitative estimate of drug-likeness (QED) is 0.411. The zero-order valence-corrected chi connectivity index (χ0v) is 13.2. The van der Waals surface area contributed by atoms with Crippen LogP contribution in [0.3, 0.4) is 0 Å². The summed E-state index contributed by atoms with van der Waals surface area (Å²) in [6, 6.07) is 0. The molecule has 0 fully saturated rings. The number of aromatic amines is 1. The number of carbonyl (C=O) groups excluding carboxylic acids is 2. The molecule has 0 bridgehead atoms. The van der Waals surface area contributed by atoms with Crippen molar-refractivity contribution >= 4 is 11.8 Å². The Bertz CT molecular complexity index is 494. The number of esters is 1. The topological polar surface area (TPSA) is 80.4 Å². The van der Waals surface area contributed by atoms with E-state index in [1.54, 1.807) is 27.9 Å². The highest BCUT2D eigenvalue weighted by Crippen LogP contribution is 2.19. The maximum absolute atomic E-state index is 12.2. The molecular weight excluding hydrogens is 272 g/mol. The highest BCUT2D eigenvalue weighted by molar-refractivity contribution is 6.03. The molecule has 6 heteroatoms. The number of carbonyl (C=O) groups is 2. The van der Waals surface area contributed by atoms with Crippen molar-refractivity contribution in [3.8, 4) is 0 Å². The summed E-state index contributed by atoms with van der Waals surface area (Å²) in [4.78, 5) is 27.0. The Labute approximate surface area is 125 Å². The molecule has 0 unspecified atom stereocenters. The van der Waals surface area contributed by atoms with Gasteiger partial charge in [0.1, 0.15) is 5.69 Å².